The molecule has 2 rings (SSSR count). The summed E-state index contributed by atoms with van der Waals surface area (Å²) in [7, 11) is 0. The number of aliphatic hydroxyl groups excluding tert-OH is 1. The van der Waals surface area contributed by atoms with E-state index >= 15 is 0 Å². The van der Waals surface area contributed by atoms with E-state index in [1.54, 1.807) is 0 Å². The normalized spacial score (nSPS) is 31.4. The fourth-order valence-electron chi connectivity index (χ4n) is 2.43. The average Bonchev–Trinajstić information content (AvgIpc) is 2.68. The monoisotopic (exact) mass is 233 g/mol. The van der Waals surface area contributed by atoms with Crippen LogP contribution < -0.4 is 0 Å². The van der Waals surface area contributed by atoms with Crippen molar-refractivity contribution in [1.82, 2.24) is 4.90 Å². The van der Waals surface area contributed by atoms with Crippen LogP contribution in [-0.4, -0.2) is 40.9 Å². The minimum atomic E-state index is -2.93. The highest BCUT2D eigenvalue weighted by molar-refractivity contribution is 6.00. The molecule has 90 valence electrons. The minimum absolute atomic E-state index is 0.215. The lowest BCUT2D eigenvalue weighted by Gasteiger charge is -2.30. The molecule has 0 aromatic carbocycles. The molecule has 3 atom stereocenters. The van der Waals surface area contributed by atoms with Gasteiger partial charge in [-0.15, -0.1) is 0 Å². The van der Waals surface area contributed by atoms with Gasteiger partial charge in [-0.3, -0.25) is 14.5 Å². The van der Waals surface area contributed by atoms with Gasteiger partial charge in [-0.2, -0.15) is 0 Å². The minimum Gasteiger partial charge on any atom is -0.385 e. The van der Waals surface area contributed by atoms with Crippen LogP contribution in [0.25, 0.3) is 0 Å². The van der Waals surface area contributed by atoms with Crippen molar-refractivity contribution in [1.29, 1.82) is 0 Å². The zero-order chi connectivity index (χ0) is 11.9. The third-order valence-corrected chi connectivity index (χ3v) is 3.32. The number of β-amino-alcohol motifs (C(OH)–C–C–N with tert-alkyl or cyclic N) is 1. The first-order valence-electron chi connectivity index (χ1n) is 5.32. The Morgan fingerprint density at radius 3 is 2.19 bits per heavy atom. The third kappa shape index (κ3) is 1.81. The van der Waals surface area contributed by atoms with Gasteiger partial charge in [-0.05, 0) is 19.3 Å². The summed E-state index contributed by atoms with van der Waals surface area (Å²) < 4.78 is 24.3. The van der Waals surface area contributed by atoms with Gasteiger partial charge in [0, 0.05) is 11.8 Å². The van der Waals surface area contributed by atoms with Crippen LogP contribution in [0.5, 0.6) is 0 Å². The highest BCUT2D eigenvalue weighted by atomic mass is 19.3. The highest BCUT2D eigenvalue weighted by Gasteiger charge is 2.46. The van der Waals surface area contributed by atoms with E-state index in [1.807, 2.05) is 0 Å². The lowest BCUT2D eigenvalue weighted by Crippen LogP contribution is -2.50. The molecule has 6 heteroatoms. The molecule has 0 aromatic rings. The lowest BCUT2D eigenvalue weighted by molar-refractivity contribution is -0.156. The molecule has 1 aliphatic carbocycles. The van der Waals surface area contributed by atoms with Crippen molar-refractivity contribution < 1.29 is 23.5 Å². The number of alkyl halides is 2. The molecule has 0 radical (unpaired) electrons. The Hall–Kier alpha value is -1.04. The van der Waals surface area contributed by atoms with Crippen LogP contribution in [0.4, 0.5) is 8.78 Å². The van der Waals surface area contributed by atoms with Gasteiger partial charge in [0.15, 0.2) is 0 Å². The first kappa shape index (κ1) is 11.4. The van der Waals surface area contributed by atoms with Crippen molar-refractivity contribution in [2.75, 3.05) is 6.54 Å². The largest absolute Gasteiger partial charge is 0.385 e. The van der Waals surface area contributed by atoms with E-state index in [4.69, 9.17) is 5.11 Å². The second-order valence-electron chi connectivity index (χ2n) is 4.40. The second kappa shape index (κ2) is 4.08. The first-order chi connectivity index (χ1) is 7.50. The van der Waals surface area contributed by atoms with E-state index in [1.165, 1.54) is 0 Å². The molecule has 0 aromatic heterocycles. The van der Waals surface area contributed by atoms with Crippen molar-refractivity contribution in [3.8, 4) is 0 Å². The standard InChI is InChI=1S/C10H13F2NO3/c11-8(12)7(14)4-13-9(15)5-1-2-6(3-5)10(13)16/h5-8,14H,1-4H2. The number of nitrogens with zero attached hydrogens (tertiary/aromatic N) is 1. The van der Waals surface area contributed by atoms with E-state index in [9.17, 15) is 18.4 Å². The molecule has 2 fully saturated rings. The predicted molar refractivity (Wildman–Crippen MR) is 49.6 cm³/mol. The van der Waals surface area contributed by atoms with Gasteiger partial charge in [0.1, 0.15) is 6.10 Å². The Kier molecular flexibility index (Phi) is 2.92. The average molecular weight is 233 g/mol. The summed E-state index contributed by atoms with van der Waals surface area (Å²) in [5.41, 5.74) is 0. The van der Waals surface area contributed by atoms with Crippen molar-refractivity contribution in [2.45, 2.75) is 31.8 Å². The zero-order valence-electron chi connectivity index (χ0n) is 8.60. The molecule has 0 spiro atoms. The fourth-order valence-corrected chi connectivity index (χ4v) is 2.43. The summed E-state index contributed by atoms with van der Waals surface area (Å²) in [5.74, 6) is -1.24. The molecule has 1 saturated heterocycles. The summed E-state index contributed by atoms with van der Waals surface area (Å²) >= 11 is 0. The number of rotatable bonds is 3. The van der Waals surface area contributed by atoms with Gasteiger partial charge in [0.25, 0.3) is 6.43 Å². The molecule has 2 amide bonds. The Morgan fingerprint density at radius 1 is 1.25 bits per heavy atom. The molecular formula is C10H13F2NO3. The molecule has 3 unspecified atom stereocenters. The van der Waals surface area contributed by atoms with Crippen LogP contribution in [0.15, 0.2) is 0 Å². The summed E-state index contributed by atoms with van der Waals surface area (Å²) in [4.78, 5) is 24.2. The number of hydrogen-bond donors (Lipinski definition) is 1. The molecule has 2 aliphatic rings. The van der Waals surface area contributed by atoms with E-state index in [0.29, 0.717) is 19.3 Å². The topological polar surface area (TPSA) is 57.6 Å². The summed E-state index contributed by atoms with van der Waals surface area (Å²) in [6.07, 6.45) is -3.03. The Labute approximate surface area is 91.2 Å². The fraction of sp³-hybridized carbons (Fsp3) is 0.800. The molecule has 1 aliphatic heterocycles. The predicted octanol–water partition coefficient (Wildman–Crippen LogP) is 0.398. The van der Waals surface area contributed by atoms with Crippen LogP contribution in [-0.2, 0) is 9.59 Å². The maximum absolute atomic E-state index is 12.1. The number of fused-ring (bicyclic) bond motifs is 2. The first-order valence-corrected chi connectivity index (χ1v) is 5.32. The molecule has 1 heterocycles. The SMILES string of the molecule is O=C1C2CCC(C2)C(=O)N1CC(O)C(F)F. The third-order valence-electron chi connectivity index (χ3n) is 3.32. The smallest absolute Gasteiger partial charge is 0.265 e. The van der Waals surface area contributed by atoms with E-state index in [-0.39, 0.29) is 11.8 Å². The Balaban J connectivity index is 2.08. The zero-order valence-corrected chi connectivity index (χ0v) is 8.60. The number of amides is 2. The van der Waals surface area contributed by atoms with Gasteiger partial charge in [0.05, 0.1) is 6.54 Å². The summed E-state index contributed by atoms with van der Waals surface area (Å²) in [6.45, 7) is -0.581. The lowest BCUT2D eigenvalue weighted by atomic mass is 9.97. The van der Waals surface area contributed by atoms with Crippen molar-refractivity contribution >= 4 is 11.8 Å². The van der Waals surface area contributed by atoms with Gasteiger partial charge >= 0.3 is 0 Å². The number of aliphatic hydroxyl groups is 1. The van der Waals surface area contributed by atoms with E-state index in [0.717, 1.165) is 4.90 Å². The van der Waals surface area contributed by atoms with Crippen molar-refractivity contribution in [3.63, 3.8) is 0 Å². The van der Waals surface area contributed by atoms with Crippen LogP contribution in [0.2, 0.25) is 0 Å². The summed E-state index contributed by atoms with van der Waals surface area (Å²) in [5, 5.41) is 9.01. The van der Waals surface area contributed by atoms with Gasteiger partial charge in [-0.1, -0.05) is 0 Å². The van der Waals surface area contributed by atoms with Gasteiger partial charge in [-0.25, -0.2) is 8.78 Å². The van der Waals surface area contributed by atoms with Gasteiger partial charge in [0.2, 0.25) is 11.8 Å². The van der Waals surface area contributed by atoms with Crippen LogP contribution >= 0.6 is 0 Å². The number of likely N-dealkylation sites (tertiary alicyclic amines) is 1. The number of halogens is 2. The second-order valence-corrected chi connectivity index (χ2v) is 4.40. The highest BCUT2D eigenvalue weighted by Crippen LogP contribution is 2.38. The quantitative estimate of drug-likeness (QED) is 0.718. The van der Waals surface area contributed by atoms with E-state index in [2.05, 4.69) is 0 Å². The van der Waals surface area contributed by atoms with Crippen molar-refractivity contribution in [2.24, 2.45) is 11.8 Å². The molecule has 4 nitrogen and oxygen atoms in total. The summed E-state index contributed by atoms with van der Waals surface area (Å²) in [6, 6.07) is 0. The van der Waals surface area contributed by atoms with Crippen LogP contribution in [0, 0.1) is 11.8 Å². The number of piperidine rings is 1. The molecular weight excluding hydrogens is 220 g/mol. The molecule has 2 bridgehead atoms. The number of carbonyl (C=O) groups excluding carboxylic acids is 2. The van der Waals surface area contributed by atoms with Crippen LogP contribution in [0.1, 0.15) is 19.3 Å². The van der Waals surface area contributed by atoms with Crippen LogP contribution in [0.3, 0.4) is 0 Å². The number of hydrogen-bond acceptors (Lipinski definition) is 3. The molecule has 1 N–H and O–H groups in total. The van der Waals surface area contributed by atoms with Crippen molar-refractivity contribution in [3.05, 3.63) is 0 Å². The maximum Gasteiger partial charge on any atom is 0.265 e. The maximum atomic E-state index is 12.1. The molecule has 1 saturated carbocycles. The number of carbonyl (C=O) groups is 2. The van der Waals surface area contributed by atoms with E-state index < -0.39 is 30.9 Å². The Bertz CT molecular complexity index is 299. The van der Waals surface area contributed by atoms with Gasteiger partial charge < -0.3 is 5.11 Å². The number of imide groups is 1. The Morgan fingerprint density at radius 2 is 1.75 bits per heavy atom. The molecule has 16 heavy (non-hydrogen) atoms.